The van der Waals surface area contributed by atoms with Crippen molar-refractivity contribution in [3.05, 3.63) is 64.1 Å². The zero-order valence-corrected chi connectivity index (χ0v) is 22.2. The molecular weight excluding hydrogens is 534 g/mol. The fourth-order valence-electron chi connectivity index (χ4n) is 2.91. The van der Waals surface area contributed by atoms with Crippen LogP contribution in [0.2, 0.25) is 0 Å². The number of ether oxygens (including phenoxy) is 2. The summed E-state index contributed by atoms with van der Waals surface area (Å²) in [6, 6.07) is 15.6. The number of thiocarbonyl (C=S) groups is 1. The molecule has 2 aromatic rings. The minimum atomic E-state index is -0.486. The van der Waals surface area contributed by atoms with Crippen LogP contribution in [0.5, 0.6) is 5.75 Å². The predicted octanol–water partition coefficient (Wildman–Crippen LogP) is 3.93. The molecule has 0 heterocycles. The van der Waals surface area contributed by atoms with E-state index in [2.05, 4.69) is 45.9 Å². The Morgan fingerprint density at radius 1 is 1.00 bits per heavy atom. The fourth-order valence-corrected chi connectivity index (χ4v) is 3.59. The van der Waals surface area contributed by atoms with Crippen LogP contribution >= 0.6 is 28.1 Å². The molecule has 0 aliphatic rings. The zero-order valence-electron chi connectivity index (χ0n) is 19.8. The van der Waals surface area contributed by atoms with Crippen LogP contribution in [0.1, 0.15) is 50.2 Å². The molecule has 8 nitrogen and oxygen atoms in total. The zero-order chi connectivity index (χ0) is 25.6. The third-order valence-electron chi connectivity index (χ3n) is 4.82. The van der Waals surface area contributed by atoms with E-state index in [0.29, 0.717) is 24.7 Å². The number of hydrogen-bond donors (Lipinski definition) is 3. The monoisotopic (exact) mass is 563 g/mol. The molecule has 0 saturated heterocycles. The highest BCUT2D eigenvalue weighted by atomic mass is 79.9. The lowest BCUT2D eigenvalue weighted by Gasteiger charge is -2.13. The lowest BCUT2D eigenvalue weighted by molar-refractivity contribution is -0.145. The van der Waals surface area contributed by atoms with Gasteiger partial charge in [0, 0.05) is 6.42 Å². The molecule has 0 aromatic heterocycles. The molecule has 2 rings (SSSR count). The topological polar surface area (TPSA) is 106 Å². The van der Waals surface area contributed by atoms with Gasteiger partial charge in [0.15, 0.2) is 11.7 Å². The number of rotatable bonds is 11. The molecule has 0 bridgehead atoms. The summed E-state index contributed by atoms with van der Waals surface area (Å²) in [6.07, 6.45) is 1.37. The number of carbonyl (C=O) groups excluding carboxylic acids is 3. The van der Waals surface area contributed by atoms with Crippen LogP contribution in [0.3, 0.4) is 0 Å². The summed E-state index contributed by atoms with van der Waals surface area (Å²) in [7, 11) is 0. The van der Waals surface area contributed by atoms with E-state index < -0.39 is 17.8 Å². The summed E-state index contributed by atoms with van der Waals surface area (Å²) in [4.78, 5) is 35.7. The van der Waals surface area contributed by atoms with Gasteiger partial charge in [-0.1, -0.05) is 50.2 Å². The van der Waals surface area contributed by atoms with Gasteiger partial charge in [0.25, 0.3) is 5.91 Å². The number of carbonyl (C=O) groups is 3. The minimum Gasteiger partial charge on any atom is -0.483 e. The Morgan fingerprint density at radius 2 is 1.74 bits per heavy atom. The summed E-state index contributed by atoms with van der Waals surface area (Å²) in [5.41, 5.74) is 7.09. The van der Waals surface area contributed by atoms with E-state index in [1.807, 2.05) is 42.5 Å². The van der Waals surface area contributed by atoms with Crippen LogP contribution in [0.4, 0.5) is 0 Å². The summed E-state index contributed by atoms with van der Waals surface area (Å²) >= 11 is 8.41. The molecule has 0 unspecified atom stereocenters. The van der Waals surface area contributed by atoms with Crippen LogP contribution in [0.15, 0.2) is 53.0 Å². The van der Waals surface area contributed by atoms with Gasteiger partial charge in [-0.3, -0.25) is 25.2 Å². The van der Waals surface area contributed by atoms with Crippen molar-refractivity contribution in [3.63, 3.8) is 0 Å². The van der Waals surface area contributed by atoms with E-state index in [9.17, 15) is 14.4 Å². The Hall–Kier alpha value is -2.98. The van der Waals surface area contributed by atoms with Gasteiger partial charge in [-0.25, -0.2) is 0 Å². The Morgan fingerprint density at radius 3 is 2.43 bits per heavy atom. The Balaban J connectivity index is 1.56. The van der Waals surface area contributed by atoms with Crippen molar-refractivity contribution < 1.29 is 23.9 Å². The van der Waals surface area contributed by atoms with Crippen molar-refractivity contribution in [2.24, 2.45) is 0 Å². The molecule has 10 heteroatoms. The molecule has 0 radical (unpaired) electrons. The molecule has 0 aliphatic heterocycles. The minimum absolute atomic E-state index is 0.0650. The van der Waals surface area contributed by atoms with Gasteiger partial charge in [-0.15, -0.1) is 0 Å². The van der Waals surface area contributed by atoms with Gasteiger partial charge in [-0.2, -0.15) is 0 Å². The normalized spacial score (nSPS) is 10.4. The fraction of sp³-hybridized carbons (Fsp3) is 0.360. The lowest BCUT2D eigenvalue weighted by Crippen LogP contribution is -2.49. The summed E-state index contributed by atoms with van der Waals surface area (Å²) < 4.78 is 11.4. The highest BCUT2D eigenvalue weighted by Crippen LogP contribution is 2.28. The largest absolute Gasteiger partial charge is 0.483 e. The number of hydrogen-bond acceptors (Lipinski definition) is 6. The van der Waals surface area contributed by atoms with Crippen LogP contribution in [0, 0.1) is 0 Å². The standard InChI is InChI=1S/C25H30BrN3O5S/c1-17(2)19-10-11-21(20(26)15-19)34-16-23(31)28-29-25(35)27-22(30)12-13-24(32)33-14-6-9-18-7-4-3-5-8-18/h3-5,7-8,10-11,15,17H,6,9,12-14,16H2,1-2H3,(H,28,31)(H2,27,29,30,35). The van der Waals surface area contributed by atoms with E-state index >= 15 is 0 Å². The van der Waals surface area contributed by atoms with Crippen LogP contribution < -0.4 is 20.9 Å². The van der Waals surface area contributed by atoms with Crippen molar-refractivity contribution in [3.8, 4) is 5.75 Å². The lowest BCUT2D eigenvalue weighted by atomic mass is 10.0. The molecule has 0 atom stereocenters. The quantitative estimate of drug-likeness (QED) is 0.164. The van der Waals surface area contributed by atoms with Gasteiger partial charge in [0.2, 0.25) is 5.91 Å². The molecule has 2 aromatic carbocycles. The highest BCUT2D eigenvalue weighted by Gasteiger charge is 2.11. The Labute approximate surface area is 219 Å². The average Bonchev–Trinajstić information content (AvgIpc) is 2.84. The Kier molecular flexibility index (Phi) is 12.2. The third-order valence-corrected chi connectivity index (χ3v) is 5.65. The van der Waals surface area contributed by atoms with Crippen LogP contribution in [0.25, 0.3) is 0 Å². The second-order valence-electron chi connectivity index (χ2n) is 7.99. The van der Waals surface area contributed by atoms with Crippen molar-refractivity contribution in [2.75, 3.05) is 13.2 Å². The van der Waals surface area contributed by atoms with Gasteiger partial charge >= 0.3 is 5.97 Å². The summed E-state index contributed by atoms with van der Waals surface area (Å²) in [6.45, 7) is 4.22. The van der Waals surface area contributed by atoms with Crippen LogP contribution in [-0.4, -0.2) is 36.1 Å². The van der Waals surface area contributed by atoms with Gasteiger partial charge < -0.3 is 14.8 Å². The number of aryl methyl sites for hydroxylation is 1. The van der Waals surface area contributed by atoms with E-state index in [1.165, 1.54) is 5.56 Å². The van der Waals surface area contributed by atoms with Gasteiger partial charge in [0.1, 0.15) is 5.75 Å². The van der Waals surface area contributed by atoms with Crippen molar-refractivity contribution in [1.82, 2.24) is 16.2 Å². The first kappa shape index (κ1) is 28.3. The molecule has 3 N–H and O–H groups in total. The molecule has 0 aliphatic carbocycles. The van der Waals surface area contributed by atoms with E-state index in [4.69, 9.17) is 21.7 Å². The molecule has 0 fully saturated rings. The Bertz CT molecular complexity index is 1020. The maximum Gasteiger partial charge on any atom is 0.306 e. The second-order valence-corrected chi connectivity index (χ2v) is 9.26. The van der Waals surface area contributed by atoms with E-state index in [1.54, 1.807) is 6.07 Å². The molecule has 35 heavy (non-hydrogen) atoms. The number of hydrazine groups is 1. The average molecular weight is 565 g/mol. The molecule has 0 saturated carbocycles. The number of benzene rings is 2. The summed E-state index contributed by atoms with van der Waals surface area (Å²) in [5, 5.41) is 2.29. The first-order valence-electron chi connectivity index (χ1n) is 11.2. The van der Waals surface area contributed by atoms with Crippen molar-refractivity contribution in [1.29, 1.82) is 0 Å². The smallest absolute Gasteiger partial charge is 0.306 e. The van der Waals surface area contributed by atoms with Crippen molar-refractivity contribution >= 4 is 51.0 Å². The number of halogens is 1. The van der Waals surface area contributed by atoms with E-state index in [0.717, 1.165) is 16.5 Å². The highest BCUT2D eigenvalue weighted by molar-refractivity contribution is 9.10. The number of amides is 2. The predicted molar refractivity (Wildman–Crippen MR) is 141 cm³/mol. The first-order chi connectivity index (χ1) is 16.7. The van der Waals surface area contributed by atoms with Gasteiger partial charge in [-0.05, 0) is 70.2 Å². The molecule has 2 amide bonds. The summed E-state index contributed by atoms with van der Waals surface area (Å²) in [5.74, 6) is -0.499. The molecular formula is C25H30BrN3O5S. The molecule has 188 valence electrons. The second kappa shape index (κ2) is 15.1. The van der Waals surface area contributed by atoms with Crippen molar-refractivity contribution in [2.45, 2.75) is 45.4 Å². The van der Waals surface area contributed by atoms with Gasteiger partial charge in [0.05, 0.1) is 17.5 Å². The number of nitrogens with one attached hydrogen (secondary N) is 3. The maximum atomic E-state index is 12.0. The SMILES string of the molecule is CC(C)c1ccc(OCC(=O)NNC(=S)NC(=O)CCC(=O)OCCCc2ccccc2)c(Br)c1. The third kappa shape index (κ3) is 11.3. The molecule has 0 spiro atoms. The number of esters is 1. The van der Waals surface area contributed by atoms with E-state index in [-0.39, 0.29) is 24.6 Å². The maximum absolute atomic E-state index is 12.0. The van der Waals surface area contributed by atoms with Crippen LogP contribution in [-0.2, 0) is 25.5 Å². The first-order valence-corrected chi connectivity index (χ1v) is 12.4.